The number of piperazine rings is 1. The van der Waals surface area contributed by atoms with Crippen molar-refractivity contribution in [1.29, 1.82) is 0 Å². The normalized spacial score (nSPS) is 35.3. The molecule has 13 heteroatoms. The molecule has 0 saturated carbocycles. The zero-order valence-corrected chi connectivity index (χ0v) is 22.6. The van der Waals surface area contributed by atoms with E-state index in [0.717, 1.165) is 0 Å². The minimum Gasteiger partial charge on any atom is -0.388 e. The molecule has 0 aromatic carbocycles. The molecule has 0 aromatic rings. The molecule has 0 aromatic heterocycles. The van der Waals surface area contributed by atoms with E-state index in [1.54, 1.807) is 4.90 Å². The second-order valence-electron chi connectivity index (χ2n) is 12.0. The number of nitrogens with zero attached hydrogens (tertiary/aromatic N) is 3. The van der Waals surface area contributed by atoms with Gasteiger partial charge in [-0.1, -0.05) is 20.8 Å². The standard InChI is InChI=1S/C25H41N5O8/c1-25(2,3)13-29-10-14-7-15(29)24(36)28-5-6-30(20(32)12-37-4)16(11-28)23(35)26-9-18-22(34)21(33)17(38-18)8-19(31)27-14/h14-18,21-22,33-34H,5-13H2,1-4H3,(H,26,35)(H,27,31)/t14-,15-,16-,17-,18+,21-,22+/m0/s1. The molecule has 4 aliphatic heterocycles. The summed E-state index contributed by atoms with van der Waals surface area (Å²) in [6.07, 6.45) is -4.21. The fourth-order valence-corrected chi connectivity index (χ4v) is 5.92. The molecule has 214 valence electrons. The van der Waals surface area contributed by atoms with Gasteiger partial charge in [-0.3, -0.25) is 24.1 Å². The van der Waals surface area contributed by atoms with Gasteiger partial charge in [0.25, 0.3) is 0 Å². The van der Waals surface area contributed by atoms with Crippen LogP contribution in [0, 0.1) is 5.41 Å². The molecular weight excluding hydrogens is 498 g/mol. The smallest absolute Gasteiger partial charge is 0.249 e. The van der Waals surface area contributed by atoms with Crippen molar-refractivity contribution in [2.45, 2.75) is 76.2 Å². The third-order valence-electron chi connectivity index (χ3n) is 7.64. The van der Waals surface area contributed by atoms with E-state index in [-0.39, 0.29) is 68.4 Å². The lowest BCUT2D eigenvalue weighted by molar-refractivity contribution is -0.152. The van der Waals surface area contributed by atoms with E-state index < -0.39 is 42.4 Å². The van der Waals surface area contributed by atoms with Crippen LogP contribution in [0.25, 0.3) is 0 Å². The van der Waals surface area contributed by atoms with Gasteiger partial charge in [-0.05, 0) is 11.8 Å². The highest BCUT2D eigenvalue weighted by atomic mass is 16.5. The van der Waals surface area contributed by atoms with Crippen LogP contribution in [0.2, 0.25) is 0 Å². The number of hydrogen-bond donors (Lipinski definition) is 4. The van der Waals surface area contributed by atoms with Crippen LogP contribution in [0.5, 0.6) is 0 Å². The highest BCUT2D eigenvalue weighted by molar-refractivity contribution is 5.90. The predicted molar refractivity (Wildman–Crippen MR) is 134 cm³/mol. The molecule has 4 N–H and O–H groups in total. The fourth-order valence-electron chi connectivity index (χ4n) is 5.92. The number of ether oxygens (including phenoxy) is 2. The third kappa shape index (κ3) is 6.28. The van der Waals surface area contributed by atoms with Crippen LogP contribution in [0.15, 0.2) is 0 Å². The lowest BCUT2D eigenvalue weighted by atomic mass is 9.95. The maximum atomic E-state index is 13.8. The Hall–Kier alpha value is -2.32. The average Bonchev–Trinajstić information content (AvgIpc) is 3.34. The van der Waals surface area contributed by atoms with E-state index in [0.29, 0.717) is 19.5 Å². The predicted octanol–water partition coefficient (Wildman–Crippen LogP) is -2.71. The molecule has 0 spiro atoms. The third-order valence-corrected chi connectivity index (χ3v) is 7.64. The number of rotatable bonds is 3. The topological polar surface area (TPSA) is 161 Å². The number of aliphatic hydroxyl groups excluding tert-OH is 2. The van der Waals surface area contributed by atoms with E-state index in [9.17, 15) is 29.4 Å². The summed E-state index contributed by atoms with van der Waals surface area (Å²) in [4.78, 5) is 57.8. The molecule has 0 aliphatic carbocycles. The Labute approximate surface area is 222 Å². The van der Waals surface area contributed by atoms with Gasteiger partial charge in [-0.15, -0.1) is 0 Å². The summed E-state index contributed by atoms with van der Waals surface area (Å²) in [5.74, 6) is -1.33. The molecule has 4 aliphatic rings. The molecule has 4 amide bonds. The Morgan fingerprint density at radius 1 is 1.08 bits per heavy atom. The number of methoxy groups -OCH3 is 1. The summed E-state index contributed by atoms with van der Waals surface area (Å²) in [5.41, 5.74) is -0.100. The van der Waals surface area contributed by atoms with Crippen LogP contribution in [0.1, 0.15) is 33.6 Å². The Bertz CT molecular complexity index is 926. The molecule has 4 fully saturated rings. The summed E-state index contributed by atoms with van der Waals surface area (Å²) in [6.45, 7) is 7.48. The Balaban J connectivity index is 1.63. The molecule has 4 saturated heterocycles. The van der Waals surface area contributed by atoms with E-state index in [1.165, 1.54) is 12.0 Å². The van der Waals surface area contributed by atoms with Gasteiger partial charge in [0.1, 0.15) is 31.0 Å². The number of hydrogen-bond acceptors (Lipinski definition) is 9. The summed E-state index contributed by atoms with van der Waals surface area (Å²) in [7, 11) is 1.40. The van der Waals surface area contributed by atoms with Crippen molar-refractivity contribution < 1.29 is 38.9 Å². The van der Waals surface area contributed by atoms with Gasteiger partial charge in [0.2, 0.25) is 23.6 Å². The summed E-state index contributed by atoms with van der Waals surface area (Å²) in [6, 6.07) is -1.72. The van der Waals surface area contributed by atoms with E-state index >= 15 is 0 Å². The first-order chi connectivity index (χ1) is 17.9. The minimum atomic E-state index is -1.29. The molecule has 4 rings (SSSR count). The Kier molecular flexibility index (Phi) is 8.62. The number of aliphatic hydroxyl groups is 2. The van der Waals surface area contributed by atoms with Crippen LogP contribution >= 0.6 is 0 Å². The zero-order chi connectivity index (χ0) is 27.8. The van der Waals surface area contributed by atoms with Gasteiger partial charge < -0.3 is 40.1 Å². The second kappa shape index (κ2) is 11.4. The lowest BCUT2D eigenvalue weighted by Crippen LogP contribution is -2.64. The van der Waals surface area contributed by atoms with Crippen LogP contribution in [0.3, 0.4) is 0 Å². The highest BCUT2D eigenvalue weighted by Crippen LogP contribution is 2.28. The van der Waals surface area contributed by atoms with Gasteiger partial charge in [0, 0.05) is 45.9 Å². The van der Waals surface area contributed by atoms with Crippen molar-refractivity contribution in [2.75, 3.05) is 53.0 Å². The molecule has 38 heavy (non-hydrogen) atoms. The summed E-state index contributed by atoms with van der Waals surface area (Å²) >= 11 is 0. The number of carbonyl (C=O) groups excluding carboxylic acids is 4. The molecule has 4 heterocycles. The number of amides is 4. The van der Waals surface area contributed by atoms with Crippen molar-refractivity contribution in [3.05, 3.63) is 0 Å². The van der Waals surface area contributed by atoms with Crippen LogP contribution in [0.4, 0.5) is 0 Å². The van der Waals surface area contributed by atoms with Gasteiger partial charge >= 0.3 is 0 Å². The van der Waals surface area contributed by atoms with Crippen molar-refractivity contribution >= 4 is 23.6 Å². The van der Waals surface area contributed by atoms with Crippen molar-refractivity contribution in [3.8, 4) is 0 Å². The Morgan fingerprint density at radius 3 is 2.47 bits per heavy atom. The first-order valence-corrected chi connectivity index (χ1v) is 13.3. The molecular formula is C25H41N5O8. The average molecular weight is 540 g/mol. The van der Waals surface area contributed by atoms with Crippen LogP contribution < -0.4 is 10.6 Å². The molecule has 13 nitrogen and oxygen atoms in total. The largest absolute Gasteiger partial charge is 0.388 e. The number of nitrogens with one attached hydrogen (secondary N) is 2. The minimum absolute atomic E-state index is 0.0102. The van der Waals surface area contributed by atoms with Gasteiger partial charge in [-0.25, -0.2) is 0 Å². The molecule has 7 atom stereocenters. The van der Waals surface area contributed by atoms with E-state index in [4.69, 9.17) is 9.47 Å². The highest BCUT2D eigenvalue weighted by Gasteiger charge is 2.47. The molecule has 0 unspecified atom stereocenters. The maximum Gasteiger partial charge on any atom is 0.249 e. The number of fused-ring (bicyclic) bond motifs is 6. The van der Waals surface area contributed by atoms with Crippen molar-refractivity contribution in [3.63, 3.8) is 0 Å². The lowest BCUT2D eigenvalue weighted by Gasteiger charge is -2.42. The maximum absolute atomic E-state index is 13.8. The number of likely N-dealkylation sites (tertiary alicyclic amines) is 1. The SMILES string of the molecule is COCC(=O)N1CCN2C[C@H]1C(=O)NC[C@H]1O[C@@H](CC(=O)N[C@H]3C[C@@H](C2=O)N(CC(C)(C)C)C3)[C@H](O)[C@@H]1O. The number of carbonyl (C=O) groups is 4. The monoisotopic (exact) mass is 539 g/mol. The fraction of sp³-hybridized carbons (Fsp3) is 0.840. The van der Waals surface area contributed by atoms with Crippen molar-refractivity contribution in [2.24, 2.45) is 5.41 Å². The van der Waals surface area contributed by atoms with Crippen LogP contribution in [-0.4, -0.2) is 144 Å². The van der Waals surface area contributed by atoms with E-state index in [2.05, 4.69) is 36.3 Å². The Morgan fingerprint density at radius 2 is 1.79 bits per heavy atom. The molecule has 0 radical (unpaired) electrons. The van der Waals surface area contributed by atoms with Gasteiger partial charge in [-0.2, -0.15) is 0 Å². The quantitative estimate of drug-likeness (QED) is 0.299. The van der Waals surface area contributed by atoms with Gasteiger partial charge in [0.05, 0.1) is 25.1 Å². The van der Waals surface area contributed by atoms with E-state index in [1.807, 2.05) is 0 Å². The second-order valence-corrected chi connectivity index (χ2v) is 12.0. The molecule has 6 bridgehead atoms. The zero-order valence-electron chi connectivity index (χ0n) is 22.6. The first kappa shape index (κ1) is 28.7. The van der Waals surface area contributed by atoms with Crippen LogP contribution in [-0.2, 0) is 28.7 Å². The summed E-state index contributed by atoms with van der Waals surface area (Å²) < 4.78 is 10.7. The van der Waals surface area contributed by atoms with Crippen molar-refractivity contribution in [1.82, 2.24) is 25.3 Å². The summed E-state index contributed by atoms with van der Waals surface area (Å²) in [5, 5.41) is 26.7. The van der Waals surface area contributed by atoms with Gasteiger partial charge in [0.15, 0.2) is 0 Å². The first-order valence-electron chi connectivity index (χ1n) is 13.3.